The summed E-state index contributed by atoms with van der Waals surface area (Å²) >= 11 is 0. The predicted octanol–water partition coefficient (Wildman–Crippen LogP) is 3.37. The van der Waals surface area contributed by atoms with Gasteiger partial charge in [-0.05, 0) is 24.3 Å². The molecule has 10 heteroatoms. The molecule has 1 amide bonds. The third-order valence-electron chi connectivity index (χ3n) is 3.90. The number of rotatable bonds is 5. The fourth-order valence-electron chi connectivity index (χ4n) is 2.58. The van der Waals surface area contributed by atoms with Gasteiger partial charge < -0.3 is 9.84 Å². The monoisotopic (exact) mass is 404 g/mol. The van der Waals surface area contributed by atoms with Gasteiger partial charge in [0.25, 0.3) is 5.91 Å². The van der Waals surface area contributed by atoms with Crippen molar-refractivity contribution in [3.8, 4) is 17.2 Å². The molecule has 0 bridgehead atoms. The molecule has 2 N–H and O–H groups in total. The minimum absolute atomic E-state index is 0.156. The van der Waals surface area contributed by atoms with Crippen molar-refractivity contribution < 1.29 is 27.8 Å². The molecule has 7 nitrogen and oxygen atoms in total. The first kappa shape index (κ1) is 19.9. The molecule has 150 valence electrons. The van der Waals surface area contributed by atoms with Crippen molar-refractivity contribution in [1.29, 1.82) is 0 Å². The van der Waals surface area contributed by atoms with Gasteiger partial charge in [-0.15, -0.1) is 0 Å². The van der Waals surface area contributed by atoms with Crippen LogP contribution in [0.25, 0.3) is 5.69 Å². The lowest BCUT2D eigenvalue weighted by Gasteiger charge is -2.12. The SMILES string of the molecule is COc1cccc(/C=N\NC(=O)c2cnn(-c3ccccc3)c2C(F)(F)F)c1O. The van der Waals surface area contributed by atoms with Crippen LogP contribution in [0.2, 0.25) is 0 Å². The van der Waals surface area contributed by atoms with Gasteiger partial charge >= 0.3 is 6.18 Å². The summed E-state index contributed by atoms with van der Waals surface area (Å²) in [6, 6.07) is 12.2. The maximum Gasteiger partial charge on any atom is 0.434 e. The van der Waals surface area contributed by atoms with Crippen LogP contribution in [0, 0.1) is 0 Å². The van der Waals surface area contributed by atoms with Gasteiger partial charge in [-0.25, -0.2) is 10.1 Å². The standard InChI is InChI=1S/C19H15F3N4O3/c1-29-15-9-5-6-12(16(15)27)10-23-25-18(28)14-11-24-26(17(14)19(20,21)22)13-7-3-2-4-8-13/h2-11,27H,1H3,(H,25,28)/b23-10-. The minimum atomic E-state index is -4.83. The highest BCUT2D eigenvalue weighted by molar-refractivity contribution is 5.96. The number of halogens is 3. The van der Waals surface area contributed by atoms with Gasteiger partial charge in [0.2, 0.25) is 0 Å². The topological polar surface area (TPSA) is 88.7 Å². The summed E-state index contributed by atoms with van der Waals surface area (Å²) in [5, 5.41) is 17.3. The number of aromatic hydroxyl groups is 1. The molecule has 0 saturated carbocycles. The van der Waals surface area contributed by atoms with E-state index in [1.165, 1.54) is 31.4 Å². The average molecular weight is 404 g/mol. The summed E-state index contributed by atoms with van der Waals surface area (Å²) in [5.74, 6) is -1.14. The third-order valence-corrected chi connectivity index (χ3v) is 3.90. The Balaban J connectivity index is 1.88. The predicted molar refractivity (Wildman–Crippen MR) is 98.3 cm³/mol. The zero-order valence-electron chi connectivity index (χ0n) is 15.0. The second-order valence-electron chi connectivity index (χ2n) is 5.75. The summed E-state index contributed by atoms with van der Waals surface area (Å²) in [4.78, 5) is 12.3. The molecule has 0 spiro atoms. The number of aromatic nitrogens is 2. The largest absolute Gasteiger partial charge is 0.504 e. The lowest BCUT2D eigenvalue weighted by molar-refractivity contribution is -0.143. The number of carbonyl (C=O) groups is 1. The highest BCUT2D eigenvalue weighted by Crippen LogP contribution is 2.33. The van der Waals surface area contributed by atoms with Gasteiger partial charge in [0.1, 0.15) is 0 Å². The lowest BCUT2D eigenvalue weighted by atomic mass is 10.2. The van der Waals surface area contributed by atoms with E-state index in [0.717, 1.165) is 12.4 Å². The van der Waals surface area contributed by atoms with Crippen LogP contribution >= 0.6 is 0 Å². The van der Waals surface area contributed by atoms with Crippen molar-refractivity contribution in [2.75, 3.05) is 7.11 Å². The van der Waals surface area contributed by atoms with Crippen LogP contribution in [0.15, 0.2) is 59.8 Å². The molecule has 0 aliphatic carbocycles. The van der Waals surface area contributed by atoms with Gasteiger partial charge in [0, 0.05) is 5.56 Å². The average Bonchev–Trinajstić information content (AvgIpc) is 3.16. The molecule has 0 radical (unpaired) electrons. The number of nitrogens with zero attached hydrogens (tertiary/aromatic N) is 3. The number of amides is 1. The lowest BCUT2D eigenvalue weighted by Crippen LogP contribution is -2.23. The highest BCUT2D eigenvalue weighted by Gasteiger charge is 2.40. The number of hydrazone groups is 1. The van der Waals surface area contributed by atoms with Crippen molar-refractivity contribution in [2.24, 2.45) is 5.10 Å². The van der Waals surface area contributed by atoms with E-state index in [4.69, 9.17) is 4.74 Å². The van der Waals surface area contributed by atoms with Crippen molar-refractivity contribution in [1.82, 2.24) is 15.2 Å². The van der Waals surface area contributed by atoms with Gasteiger partial charge in [0.05, 0.1) is 30.8 Å². The normalized spacial score (nSPS) is 11.6. The Morgan fingerprint density at radius 3 is 2.59 bits per heavy atom. The fourth-order valence-corrected chi connectivity index (χ4v) is 2.58. The van der Waals surface area contributed by atoms with Gasteiger partial charge in [-0.2, -0.15) is 23.4 Å². The van der Waals surface area contributed by atoms with Gasteiger partial charge in [0.15, 0.2) is 17.2 Å². The Morgan fingerprint density at radius 1 is 1.21 bits per heavy atom. The fraction of sp³-hybridized carbons (Fsp3) is 0.105. The van der Waals surface area contributed by atoms with Gasteiger partial charge in [-0.1, -0.05) is 24.3 Å². The first-order chi connectivity index (χ1) is 13.8. The molecule has 1 aromatic heterocycles. The van der Waals surface area contributed by atoms with E-state index >= 15 is 0 Å². The van der Waals surface area contributed by atoms with Crippen molar-refractivity contribution >= 4 is 12.1 Å². The zero-order chi connectivity index (χ0) is 21.0. The Hall–Kier alpha value is -3.82. The summed E-state index contributed by atoms with van der Waals surface area (Å²) in [6.07, 6.45) is -2.91. The molecule has 0 fully saturated rings. The van der Waals surface area contributed by atoms with E-state index in [0.29, 0.717) is 4.68 Å². The van der Waals surface area contributed by atoms with Crippen LogP contribution in [-0.2, 0) is 6.18 Å². The van der Waals surface area contributed by atoms with E-state index in [9.17, 15) is 23.1 Å². The molecule has 0 unspecified atom stereocenters. The van der Waals surface area contributed by atoms with Crippen LogP contribution in [0.3, 0.4) is 0 Å². The number of methoxy groups -OCH3 is 1. The van der Waals surface area contributed by atoms with E-state index in [1.54, 1.807) is 24.3 Å². The van der Waals surface area contributed by atoms with Crippen LogP contribution < -0.4 is 10.2 Å². The summed E-state index contributed by atoms with van der Waals surface area (Å²) in [7, 11) is 1.36. The summed E-state index contributed by atoms with van der Waals surface area (Å²) < 4.78 is 46.3. The molecule has 0 saturated heterocycles. The minimum Gasteiger partial charge on any atom is -0.504 e. The molecule has 0 atom stereocenters. The third kappa shape index (κ3) is 4.21. The van der Waals surface area contributed by atoms with E-state index in [2.05, 4.69) is 10.2 Å². The van der Waals surface area contributed by atoms with Crippen molar-refractivity contribution in [3.05, 3.63) is 71.5 Å². The second-order valence-corrected chi connectivity index (χ2v) is 5.75. The molecule has 3 rings (SSSR count). The maximum absolute atomic E-state index is 13.6. The molecule has 0 aliphatic rings. The first-order valence-corrected chi connectivity index (χ1v) is 8.23. The number of hydrogen-bond donors (Lipinski definition) is 2. The van der Waals surface area contributed by atoms with E-state index < -0.39 is 23.3 Å². The number of nitrogens with one attached hydrogen (secondary N) is 1. The number of carbonyl (C=O) groups excluding carboxylic acids is 1. The summed E-state index contributed by atoms with van der Waals surface area (Å²) in [5.41, 5.74) is 0.471. The number of para-hydroxylation sites is 2. The molecular weight excluding hydrogens is 389 g/mol. The quantitative estimate of drug-likeness (QED) is 0.504. The molecule has 2 aromatic carbocycles. The molecule has 0 aliphatic heterocycles. The maximum atomic E-state index is 13.6. The molecular formula is C19H15F3N4O3. The number of hydrogen-bond acceptors (Lipinski definition) is 5. The summed E-state index contributed by atoms with van der Waals surface area (Å²) in [6.45, 7) is 0. The zero-order valence-corrected chi connectivity index (χ0v) is 15.0. The van der Waals surface area contributed by atoms with Crippen LogP contribution in [0.4, 0.5) is 13.2 Å². The van der Waals surface area contributed by atoms with Crippen LogP contribution in [-0.4, -0.2) is 34.1 Å². The number of alkyl halides is 3. The number of phenols is 1. The highest BCUT2D eigenvalue weighted by atomic mass is 19.4. The Morgan fingerprint density at radius 2 is 1.93 bits per heavy atom. The van der Waals surface area contributed by atoms with Crippen LogP contribution in [0.1, 0.15) is 21.6 Å². The molecule has 29 heavy (non-hydrogen) atoms. The first-order valence-electron chi connectivity index (χ1n) is 8.23. The van der Waals surface area contributed by atoms with Crippen molar-refractivity contribution in [3.63, 3.8) is 0 Å². The second kappa shape index (κ2) is 8.05. The van der Waals surface area contributed by atoms with E-state index in [-0.39, 0.29) is 22.7 Å². The molecule has 3 aromatic rings. The number of benzene rings is 2. The number of ether oxygens (including phenoxy) is 1. The van der Waals surface area contributed by atoms with E-state index in [1.807, 2.05) is 5.43 Å². The van der Waals surface area contributed by atoms with Crippen molar-refractivity contribution in [2.45, 2.75) is 6.18 Å². The molecule has 1 heterocycles. The smallest absolute Gasteiger partial charge is 0.434 e. The van der Waals surface area contributed by atoms with Crippen LogP contribution in [0.5, 0.6) is 11.5 Å². The Kier molecular flexibility index (Phi) is 5.53. The number of phenolic OH excluding ortho intramolecular Hbond substituents is 1. The van der Waals surface area contributed by atoms with Gasteiger partial charge in [-0.3, -0.25) is 4.79 Å². The Labute approximate surface area is 163 Å². The Bertz CT molecular complexity index is 1050.